The Morgan fingerprint density at radius 3 is 2.00 bits per heavy atom. The largest absolute Gasteiger partial charge is 0.348 e. The Balaban J connectivity index is 4.23. The van der Waals surface area contributed by atoms with Crippen LogP contribution in [0, 0.1) is 10.8 Å². The molecule has 0 rings (SSSR count). The summed E-state index contributed by atoms with van der Waals surface area (Å²) in [5, 5.41) is 13.3. The van der Waals surface area contributed by atoms with Gasteiger partial charge in [-0.2, -0.15) is 5.10 Å². The van der Waals surface area contributed by atoms with Crippen molar-refractivity contribution >= 4 is 12.2 Å². The fraction of sp³-hybridized carbons (Fsp3) is 0.778. The molecular weight excluding hydrogens is 164 g/mol. The van der Waals surface area contributed by atoms with Gasteiger partial charge in [-0.25, -0.2) is 5.01 Å². The Kier molecular flexibility index (Phi) is 3.91. The summed E-state index contributed by atoms with van der Waals surface area (Å²) in [6.07, 6.45) is 1.84. The first-order valence-electron chi connectivity index (χ1n) is 4.29. The Bertz CT molecular complexity index is 200. The van der Waals surface area contributed by atoms with Gasteiger partial charge in [-0.1, -0.05) is 20.8 Å². The molecule has 13 heavy (non-hydrogen) atoms. The molecule has 0 aliphatic rings. The number of guanidine groups is 1. The minimum atomic E-state index is 0.0564. The normalized spacial score (nSPS) is 11.8. The van der Waals surface area contributed by atoms with Gasteiger partial charge in [0, 0.05) is 27.4 Å². The van der Waals surface area contributed by atoms with Gasteiger partial charge in [0.25, 0.3) is 0 Å². The average molecular weight is 184 g/mol. The summed E-state index contributed by atoms with van der Waals surface area (Å²) in [5.41, 5.74) is 0.0564. The van der Waals surface area contributed by atoms with E-state index in [-0.39, 0.29) is 5.41 Å². The van der Waals surface area contributed by atoms with Gasteiger partial charge >= 0.3 is 0 Å². The van der Waals surface area contributed by atoms with Crippen LogP contribution in [-0.2, 0) is 0 Å². The highest BCUT2D eigenvalue weighted by atomic mass is 15.5. The van der Waals surface area contributed by atoms with Gasteiger partial charge in [0.1, 0.15) is 0 Å². The molecule has 0 atom stereocenters. The third kappa shape index (κ3) is 5.22. The summed E-state index contributed by atoms with van der Waals surface area (Å²) in [4.78, 5) is 1.71. The molecule has 1 N–H and O–H groups in total. The van der Waals surface area contributed by atoms with Crippen molar-refractivity contribution in [1.29, 1.82) is 5.41 Å². The quantitative estimate of drug-likeness (QED) is 0.381. The molecule has 0 unspecified atom stereocenters. The van der Waals surface area contributed by atoms with Crippen LogP contribution in [-0.4, -0.2) is 43.2 Å². The summed E-state index contributed by atoms with van der Waals surface area (Å²) < 4.78 is 0. The topological polar surface area (TPSA) is 42.7 Å². The summed E-state index contributed by atoms with van der Waals surface area (Å²) in [6.45, 7) is 6.22. The molecule has 0 aromatic heterocycles. The molecule has 0 bridgehead atoms. The second kappa shape index (κ2) is 4.25. The molecule has 0 spiro atoms. The molecule has 0 fully saturated rings. The van der Waals surface area contributed by atoms with E-state index in [1.165, 1.54) is 0 Å². The molecule has 4 nitrogen and oxygen atoms in total. The van der Waals surface area contributed by atoms with Gasteiger partial charge in [-0.15, -0.1) is 0 Å². The Hall–Kier alpha value is -1.06. The van der Waals surface area contributed by atoms with E-state index in [1.54, 1.807) is 17.0 Å². The highest BCUT2D eigenvalue weighted by molar-refractivity contribution is 5.77. The number of rotatable bonds is 1. The van der Waals surface area contributed by atoms with E-state index in [2.05, 4.69) is 25.9 Å². The lowest BCUT2D eigenvalue weighted by atomic mass is 9.99. The van der Waals surface area contributed by atoms with E-state index >= 15 is 0 Å². The van der Waals surface area contributed by atoms with Crippen molar-refractivity contribution < 1.29 is 0 Å². The number of nitrogens with zero attached hydrogens (tertiary/aromatic N) is 3. The van der Waals surface area contributed by atoms with Crippen LogP contribution in [0.15, 0.2) is 5.10 Å². The SMILES string of the molecule is CN(C)C(=N)N(C)/N=C/C(C)(C)C. The molecular formula is C9H20N4. The Labute approximate surface area is 80.7 Å². The van der Waals surface area contributed by atoms with Crippen LogP contribution >= 0.6 is 0 Å². The van der Waals surface area contributed by atoms with E-state index in [4.69, 9.17) is 5.41 Å². The van der Waals surface area contributed by atoms with Gasteiger partial charge in [0.2, 0.25) is 5.96 Å². The first-order valence-corrected chi connectivity index (χ1v) is 4.29. The van der Waals surface area contributed by atoms with Crippen molar-refractivity contribution in [2.75, 3.05) is 21.1 Å². The van der Waals surface area contributed by atoms with Crippen LogP contribution in [0.4, 0.5) is 0 Å². The van der Waals surface area contributed by atoms with Crippen LogP contribution in [0.2, 0.25) is 0 Å². The van der Waals surface area contributed by atoms with Crippen molar-refractivity contribution in [2.24, 2.45) is 10.5 Å². The van der Waals surface area contributed by atoms with Crippen molar-refractivity contribution in [3.8, 4) is 0 Å². The molecule has 4 heteroatoms. The molecule has 0 aromatic carbocycles. The monoisotopic (exact) mass is 184 g/mol. The lowest BCUT2D eigenvalue weighted by molar-refractivity contribution is 0.434. The number of nitrogens with one attached hydrogen (secondary N) is 1. The first-order chi connectivity index (χ1) is 5.74. The predicted octanol–water partition coefficient (Wildman–Crippen LogP) is 1.45. The van der Waals surface area contributed by atoms with Gasteiger partial charge in [-0.3, -0.25) is 5.41 Å². The van der Waals surface area contributed by atoms with Crippen molar-refractivity contribution in [2.45, 2.75) is 20.8 Å². The van der Waals surface area contributed by atoms with E-state index < -0.39 is 0 Å². The molecule has 0 saturated carbocycles. The summed E-state index contributed by atoms with van der Waals surface area (Å²) in [7, 11) is 5.42. The minimum absolute atomic E-state index is 0.0564. The molecule has 0 radical (unpaired) electrons. The van der Waals surface area contributed by atoms with E-state index in [9.17, 15) is 0 Å². The summed E-state index contributed by atoms with van der Waals surface area (Å²) in [6, 6.07) is 0. The zero-order chi connectivity index (χ0) is 10.6. The zero-order valence-electron chi connectivity index (χ0n) is 9.42. The van der Waals surface area contributed by atoms with Gasteiger partial charge in [0.05, 0.1) is 0 Å². The van der Waals surface area contributed by atoms with Crippen molar-refractivity contribution in [3.63, 3.8) is 0 Å². The molecule has 0 heterocycles. The van der Waals surface area contributed by atoms with E-state index in [0.717, 1.165) is 0 Å². The maximum Gasteiger partial charge on any atom is 0.213 e. The first kappa shape index (κ1) is 11.9. The molecule has 0 aromatic rings. The standard InChI is InChI=1S/C9H20N4/c1-9(2,3)7-11-13(6)8(10)12(4)5/h7,10H,1-6H3/b10-8?,11-7+. The molecule has 0 saturated heterocycles. The van der Waals surface area contributed by atoms with E-state index in [1.807, 2.05) is 20.3 Å². The number of hydrazone groups is 1. The zero-order valence-corrected chi connectivity index (χ0v) is 9.42. The lowest BCUT2D eigenvalue weighted by Crippen LogP contribution is -2.34. The van der Waals surface area contributed by atoms with Crippen molar-refractivity contribution in [3.05, 3.63) is 0 Å². The van der Waals surface area contributed by atoms with Crippen LogP contribution < -0.4 is 0 Å². The Morgan fingerprint density at radius 1 is 1.23 bits per heavy atom. The highest BCUT2D eigenvalue weighted by Gasteiger charge is 2.08. The van der Waals surface area contributed by atoms with Crippen LogP contribution in [0.1, 0.15) is 20.8 Å². The fourth-order valence-electron chi connectivity index (χ4n) is 0.604. The van der Waals surface area contributed by atoms with Crippen molar-refractivity contribution in [1.82, 2.24) is 9.91 Å². The predicted molar refractivity (Wildman–Crippen MR) is 57.1 cm³/mol. The average Bonchev–Trinajstić information content (AvgIpc) is 1.97. The maximum atomic E-state index is 7.60. The van der Waals surface area contributed by atoms with Gasteiger partial charge in [-0.05, 0) is 5.41 Å². The maximum absolute atomic E-state index is 7.60. The third-order valence-electron chi connectivity index (χ3n) is 1.35. The lowest BCUT2D eigenvalue weighted by Gasteiger charge is -2.21. The number of hydrogen-bond acceptors (Lipinski definition) is 2. The number of hydrogen-bond donors (Lipinski definition) is 1. The smallest absolute Gasteiger partial charge is 0.213 e. The van der Waals surface area contributed by atoms with Crippen LogP contribution in [0.5, 0.6) is 0 Å². The second-order valence-electron chi connectivity index (χ2n) is 4.35. The molecule has 0 aliphatic carbocycles. The summed E-state index contributed by atoms with van der Waals surface area (Å²) >= 11 is 0. The Morgan fingerprint density at radius 2 is 1.69 bits per heavy atom. The van der Waals surface area contributed by atoms with Crippen LogP contribution in [0.3, 0.4) is 0 Å². The third-order valence-corrected chi connectivity index (χ3v) is 1.35. The van der Waals surface area contributed by atoms with Crippen LogP contribution in [0.25, 0.3) is 0 Å². The van der Waals surface area contributed by atoms with Gasteiger partial charge < -0.3 is 4.90 Å². The molecule has 76 valence electrons. The fourth-order valence-corrected chi connectivity index (χ4v) is 0.604. The highest BCUT2D eigenvalue weighted by Crippen LogP contribution is 2.08. The van der Waals surface area contributed by atoms with Gasteiger partial charge in [0.15, 0.2) is 0 Å². The second-order valence-corrected chi connectivity index (χ2v) is 4.35. The molecule has 0 aliphatic heterocycles. The van der Waals surface area contributed by atoms with E-state index in [0.29, 0.717) is 5.96 Å². The summed E-state index contributed by atoms with van der Waals surface area (Å²) in [5.74, 6) is 0.375. The molecule has 0 amide bonds. The minimum Gasteiger partial charge on any atom is -0.348 e.